The Kier molecular flexibility index (Phi) is 8.28. The number of hydrogen-bond acceptors (Lipinski definition) is 7. The van der Waals surface area contributed by atoms with E-state index in [2.05, 4.69) is 5.48 Å². The molecule has 0 radical (unpaired) electrons. The zero-order valence-corrected chi connectivity index (χ0v) is 17.6. The van der Waals surface area contributed by atoms with Crippen molar-refractivity contribution in [1.82, 2.24) is 14.1 Å². The third kappa shape index (κ3) is 6.51. The van der Waals surface area contributed by atoms with Gasteiger partial charge in [0.15, 0.2) is 6.29 Å². The molecule has 0 aliphatic carbocycles. The first kappa shape index (κ1) is 22.8. The second-order valence-corrected chi connectivity index (χ2v) is 10.9. The molecule has 27 heavy (non-hydrogen) atoms. The Balaban J connectivity index is 2.11. The average molecular weight is 448 g/mol. The predicted molar refractivity (Wildman–Crippen MR) is 98.9 cm³/mol. The normalized spacial score (nSPS) is 26.0. The van der Waals surface area contributed by atoms with Crippen LogP contribution < -0.4 is 5.48 Å². The van der Waals surface area contributed by atoms with Gasteiger partial charge in [0.1, 0.15) is 6.04 Å². The number of nitrogens with one attached hydrogen (secondary N) is 1. The fourth-order valence-electron chi connectivity index (χ4n) is 2.94. The third-order valence-corrected chi connectivity index (χ3v) is 7.88. The van der Waals surface area contributed by atoms with Gasteiger partial charge >= 0.3 is 0 Å². The first-order valence-electron chi connectivity index (χ1n) is 8.73. The standard InChI is InChI=1S/C14H26ClN3O7S2/c1-26(20,21)17-7-8-18(27(22,23)10-4-6-15)12(11-17)14(19)16-25-13-5-2-3-9-24-13/h12-13H,2-11H2,1H3,(H,16,19)/t12-,13?/m0/s1. The molecule has 0 saturated carbocycles. The van der Waals surface area contributed by atoms with Gasteiger partial charge in [0.05, 0.1) is 12.0 Å². The van der Waals surface area contributed by atoms with Crippen molar-refractivity contribution in [3.05, 3.63) is 0 Å². The van der Waals surface area contributed by atoms with E-state index < -0.39 is 38.3 Å². The van der Waals surface area contributed by atoms with Crippen LogP contribution in [0.25, 0.3) is 0 Å². The van der Waals surface area contributed by atoms with Crippen molar-refractivity contribution in [2.45, 2.75) is 38.0 Å². The Morgan fingerprint density at radius 3 is 2.59 bits per heavy atom. The van der Waals surface area contributed by atoms with Crippen molar-refractivity contribution in [3.63, 3.8) is 0 Å². The van der Waals surface area contributed by atoms with Crippen LogP contribution in [0.2, 0.25) is 0 Å². The maximum Gasteiger partial charge on any atom is 0.263 e. The number of ether oxygens (including phenoxy) is 1. The van der Waals surface area contributed by atoms with Gasteiger partial charge in [-0.2, -0.15) is 8.61 Å². The highest BCUT2D eigenvalue weighted by atomic mass is 35.5. The minimum atomic E-state index is -3.77. The molecule has 13 heteroatoms. The Morgan fingerprint density at radius 2 is 2.00 bits per heavy atom. The van der Waals surface area contributed by atoms with Crippen LogP contribution in [0, 0.1) is 0 Å². The summed E-state index contributed by atoms with van der Waals surface area (Å²) in [6.45, 7) is 0.107. The molecule has 158 valence electrons. The monoisotopic (exact) mass is 447 g/mol. The zero-order chi connectivity index (χ0) is 20.1. The van der Waals surface area contributed by atoms with Crippen LogP contribution in [0.3, 0.4) is 0 Å². The lowest BCUT2D eigenvalue weighted by Gasteiger charge is -2.38. The molecular formula is C14H26ClN3O7S2. The Bertz CT molecular complexity index is 710. The van der Waals surface area contributed by atoms with Gasteiger partial charge in [-0.1, -0.05) is 0 Å². The second kappa shape index (κ2) is 9.81. The number of piperazine rings is 1. The average Bonchev–Trinajstić information content (AvgIpc) is 2.64. The second-order valence-electron chi connectivity index (χ2n) is 6.49. The molecule has 2 aliphatic heterocycles. The summed E-state index contributed by atoms with van der Waals surface area (Å²) in [5.74, 6) is -0.778. The van der Waals surface area contributed by atoms with Crippen LogP contribution >= 0.6 is 11.6 Å². The summed E-state index contributed by atoms with van der Waals surface area (Å²) in [5, 5.41) is 0. The number of hydrogen-bond donors (Lipinski definition) is 1. The van der Waals surface area contributed by atoms with Crippen molar-refractivity contribution >= 4 is 37.6 Å². The van der Waals surface area contributed by atoms with Gasteiger partial charge in [-0.05, 0) is 19.3 Å². The number of carbonyl (C=O) groups excluding carboxylic acids is 1. The molecule has 0 aromatic carbocycles. The van der Waals surface area contributed by atoms with E-state index in [4.69, 9.17) is 21.2 Å². The number of halogens is 1. The summed E-state index contributed by atoms with van der Waals surface area (Å²) < 4.78 is 56.3. The molecule has 2 aliphatic rings. The number of sulfonamides is 2. The SMILES string of the molecule is CS(=O)(=O)N1CCN(S(=O)(=O)CCCCl)[C@H](C(=O)NOC2CCCCO2)C1. The van der Waals surface area contributed by atoms with Gasteiger partial charge in [0, 0.05) is 38.5 Å². The van der Waals surface area contributed by atoms with Crippen LogP contribution in [-0.2, 0) is 34.4 Å². The van der Waals surface area contributed by atoms with Gasteiger partial charge < -0.3 is 4.74 Å². The van der Waals surface area contributed by atoms with Crippen LogP contribution in [0.4, 0.5) is 0 Å². The highest BCUT2D eigenvalue weighted by Crippen LogP contribution is 2.19. The summed E-state index contributed by atoms with van der Waals surface area (Å²) in [6.07, 6.45) is 3.07. The molecule has 2 rings (SSSR count). The van der Waals surface area contributed by atoms with E-state index in [1.165, 1.54) is 0 Å². The predicted octanol–water partition coefficient (Wildman–Crippen LogP) is -0.535. The smallest absolute Gasteiger partial charge is 0.263 e. The summed E-state index contributed by atoms with van der Waals surface area (Å²) in [7, 11) is -7.34. The van der Waals surface area contributed by atoms with E-state index in [1.54, 1.807) is 0 Å². The first-order valence-corrected chi connectivity index (χ1v) is 12.7. The summed E-state index contributed by atoms with van der Waals surface area (Å²) >= 11 is 5.58. The maximum atomic E-state index is 12.6. The van der Waals surface area contributed by atoms with E-state index >= 15 is 0 Å². The summed E-state index contributed by atoms with van der Waals surface area (Å²) in [6, 6.07) is -1.22. The molecule has 2 fully saturated rings. The zero-order valence-electron chi connectivity index (χ0n) is 15.2. The Labute approximate surface area is 165 Å². The van der Waals surface area contributed by atoms with E-state index in [-0.39, 0.29) is 37.7 Å². The van der Waals surface area contributed by atoms with Crippen LogP contribution in [-0.4, -0.2) is 87.8 Å². The van der Waals surface area contributed by atoms with Crippen LogP contribution in [0.5, 0.6) is 0 Å². The molecule has 1 N–H and O–H groups in total. The van der Waals surface area contributed by atoms with Crippen molar-refractivity contribution in [3.8, 4) is 0 Å². The van der Waals surface area contributed by atoms with Crippen molar-refractivity contribution in [1.29, 1.82) is 0 Å². The minimum Gasteiger partial charge on any atom is -0.350 e. The van der Waals surface area contributed by atoms with Gasteiger partial charge in [-0.25, -0.2) is 27.2 Å². The number of rotatable bonds is 8. The molecule has 0 aromatic rings. The molecule has 10 nitrogen and oxygen atoms in total. The molecular weight excluding hydrogens is 422 g/mol. The Hall–Kier alpha value is -0.500. The lowest BCUT2D eigenvalue weighted by Crippen LogP contribution is -2.61. The van der Waals surface area contributed by atoms with E-state index in [0.29, 0.717) is 13.0 Å². The molecule has 0 bridgehead atoms. The fourth-order valence-corrected chi connectivity index (χ4v) is 5.71. The molecule has 1 amide bonds. The van der Waals surface area contributed by atoms with Gasteiger partial charge in [0.25, 0.3) is 5.91 Å². The van der Waals surface area contributed by atoms with E-state index in [9.17, 15) is 21.6 Å². The molecule has 0 spiro atoms. The number of amides is 1. The topological polar surface area (TPSA) is 122 Å². The summed E-state index contributed by atoms with van der Waals surface area (Å²) in [4.78, 5) is 17.8. The molecule has 2 atom stereocenters. The van der Waals surface area contributed by atoms with Crippen LogP contribution in [0.1, 0.15) is 25.7 Å². The minimum absolute atomic E-state index is 0.0185. The molecule has 2 saturated heterocycles. The van der Waals surface area contributed by atoms with Gasteiger partial charge in [-0.15, -0.1) is 11.6 Å². The van der Waals surface area contributed by atoms with Gasteiger partial charge in [-0.3, -0.25) is 4.79 Å². The summed E-state index contributed by atoms with van der Waals surface area (Å²) in [5.41, 5.74) is 2.23. The maximum absolute atomic E-state index is 12.6. The molecule has 0 aromatic heterocycles. The lowest BCUT2D eigenvalue weighted by molar-refractivity contribution is -0.202. The lowest BCUT2D eigenvalue weighted by atomic mass is 10.2. The number of hydroxylamine groups is 1. The van der Waals surface area contributed by atoms with Gasteiger partial charge in [0.2, 0.25) is 20.0 Å². The van der Waals surface area contributed by atoms with Crippen LogP contribution in [0.15, 0.2) is 0 Å². The molecule has 1 unspecified atom stereocenters. The third-order valence-electron chi connectivity index (χ3n) is 4.39. The highest BCUT2D eigenvalue weighted by molar-refractivity contribution is 7.89. The van der Waals surface area contributed by atoms with E-state index in [0.717, 1.165) is 27.7 Å². The number of alkyl halides is 1. The number of nitrogens with zero attached hydrogens (tertiary/aromatic N) is 2. The number of carbonyl (C=O) groups is 1. The Morgan fingerprint density at radius 1 is 1.26 bits per heavy atom. The quantitative estimate of drug-likeness (QED) is 0.391. The van der Waals surface area contributed by atoms with E-state index in [1.807, 2.05) is 0 Å². The van der Waals surface area contributed by atoms with Crippen molar-refractivity contribution in [2.75, 3.05) is 44.1 Å². The fraction of sp³-hybridized carbons (Fsp3) is 0.929. The highest BCUT2D eigenvalue weighted by Gasteiger charge is 2.41. The van der Waals surface area contributed by atoms with Crippen molar-refractivity contribution < 1.29 is 31.2 Å². The van der Waals surface area contributed by atoms with Crippen molar-refractivity contribution in [2.24, 2.45) is 0 Å². The first-order chi connectivity index (χ1) is 12.6. The molecule has 2 heterocycles. The largest absolute Gasteiger partial charge is 0.350 e.